The second-order valence-corrected chi connectivity index (χ2v) is 8.83. The first-order chi connectivity index (χ1) is 15.6. The Kier molecular flexibility index (Phi) is 16.4. The van der Waals surface area contributed by atoms with Crippen LogP contribution >= 0.6 is 0 Å². The Bertz CT molecular complexity index is 605. The largest absolute Gasteiger partial charge is 0.456 e. The van der Waals surface area contributed by atoms with Crippen LogP contribution in [0, 0.1) is 0 Å². The van der Waals surface area contributed by atoms with Gasteiger partial charge >= 0.3 is 5.97 Å². The smallest absolute Gasteiger partial charge is 0.338 e. The number of rotatable bonds is 19. The highest BCUT2D eigenvalue weighted by molar-refractivity contribution is 5.89. The molecule has 1 aromatic carbocycles. The highest BCUT2D eigenvalue weighted by atomic mass is 16.5. The molecule has 0 heterocycles. The first-order valence-electron chi connectivity index (χ1n) is 12.7. The fraction of sp³-hybridized carbons (Fsp3) is 0.704. The van der Waals surface area contributed by atoms with Crippen molar-refractivity contribution in [2.75, 3.05) is 6.61 Å². The molecule has 0 saturated carbocycles. The molecule has 0 saturated heterocycles. The quantitative estimate of drug-likeness (QED) is 0.196. The summed E-state index contributed by atoms with van der Waals surface area (Å²) in [7, 11) is 0. The zero-order valence-corrected chi connectivity index (χ0v) is 20.3. The highest BCUT2D eigenvalue weighted by Crippen LogP contribution is 2.17. The Hall–Kier alpha value is -1.88. The van der Waals surface area contributed by atoms with Gasteiger partial charge in [0.2, 0.25) is 5.91 Å². The number of aliphatic hydroxyl groups excluding tert-OH is 1. The molecule has 1 rings (SSSR count). The van der Waals surface area contributed by atoms with Crippen molar-refractivity contribution in [2.45, 2.75) is 116 Å². The molecule has 5 nitrogen and oxygen atoms in total. The van der Waals surface area contributed by atoms with Gasteiger partial charge in [-0.3, -0.25) is 4.79 Å². The van der Waals surface area contributed by atoms with E-state index in [2.05, 4.69) is 12.2 Å². The molecule has 5 heteroatoms. The van der Waals surface area contributed by atoms with Crippen molar-refractivity contribution in [3.8, 4) is 0 Å². The average Bonchev–Trinajstić information content (AvgIpc) is 2.80. The standard InChI is InChI=1S/C27H45NO4/c1-3-4-5-6-7-8-9-10-11-12-13-14-18-21-26(25(22-29)28-23(2)30)32-27(31)24-19-16-15-17-20-24/h15-17,19-20,25-26,29H,3-14,18,21-22H2,1-2H3,(H,28,30). The summed E-state index contributed by atoms with van der Waals surface area (Å²) in [4.78, 5) is 24.0. The van der Waals surface area contributed by atoms with Crippen LogP contribution in [0.25, 0.3) is 0 Å². The van der Waals surface area contributed by atoms with E-state index in [1.165, 1.54) is 77.6 Å². The van der Waals surface area contributed by atoms with Gasteiger partial charge in [-0.15, -0.1) is 0 Å². The van der Waals surface area contributed by atoms with E-state index in [-0.39, 0.29) is 12.5 Å². The average molecular weight is 448 g/mol. The lowest BCUT2D eigenvalue weighted by atomic mass is 10.0. The maximum Gasteiger partial charge on any atom is 0.338 e. The third-order valence-electron chi connectivity index (χ3n) is 5.89. The molecule has 0 bridgehead atoms. The van der Waals surface area contributed by atoms with Gasteiger partial charge in [-0.05, 0) is 25.0 Å². The Labute approximate surface area is 195 Å². The summed E-state index contributed by atoms with van der Waals surface area (Å²) in [6, 6.07) is 8.24. The molecule has 0 aliphatic carbocycles. The summed E-state index contributed by atoms with van der Waals surface area (Å²) < 4.78 is 5.68. The van der Waals surface area contributed by atoms with E-state index in [4.69, 9.17) is 4.74 Å². The van der Waals surface area contributed by atoms with E-state index >= 15 is 0 Å². The zero-order valence-electron chi connectivity index (χ0n) is 20.3. The van der Waals surface area contributed by atoms with E-state index in [0.29, 0.717) is 12.0 Å². The second-order valence-electron chi connectivity index (χ2n) is 8.83. The minimum absolute atomic E-state index is 0.241. The maximum atomic E-state index is 12.5. The van der Waals surface area contributed by atoms with Crippen molar-refractivity contribution in [3.05, 3.63) is 35.9 Å². The Morgan fingerprint density at radius 2 is 1.34 bits per heavy atom. The second kappa shape index (κ2) is 18.7. The molecular formula is C27H45NO4. The molecule has 0 aliphatic heterocycles. The topological polar surface area (TPSA) is 75.6 Å². The van der Waals surface area contributed by atoms with Crippen LogP contribution in [0.2, 0.25) is 0 Å². The normalized spacial score (nSPS) is 12.8. The minimum atomic E-state index is -0.586. The van der Waals surface area contributed by atoms with Crippen LogP contribution in [0.1, 0.15) is 114 Å². The van der Waals surface area contributed by atoms with Gasteiger partial charge in [0.25, 0.3) is 0 Å². The number of hydrogen-bond acceptors (Lipinski definition) is 4. The van der Waals surface area contributed by atoms with Crippen molar-refractivity contribution < 1.29 is 19.4 Å². The van der Waals surface area contributed by atoms with Gasteiger partial charge in [0.15, 0.2) is 0 Å². The fourth-order valence-electron chi connectivity index (χ4n) is 4.00. The van der Waals surface area contributed by atoms with Gasteiger partial charge in [-0.1, -0.05) is 102 Å². The Balaban J connectivity index is 2.28. The summed E-state index contributed by atoms with van der Waals surface area (Å²) >= 11 is 0. The maximum absolute atomic E-state index is 12.5. The van der Waals surface area contributed by atoms with Crippen molar-refractivity contribution in [2.24, 2.45) is 0 Å². The summed E-state index contributed by atoms with van der Waals surface area (Å²) in [5, 5.41) is 12.4. The predicted octanol–water partition coefficient (Wildman–Crippen LogP) is 6.19. The molecule has 0 aliphatic rings. The van der Waals surface area contributed by atoms with Crippen LogP contribution in [0.3, 0.4) is 0 Å². The lowest BCUT2D eigenvalue weighted by molar-refractivity contribution is -0.121. The Morgan fingerprint density at radius 3 is 1.81 bits per heavy atom. The van der Waals surface area contributed by atoms with Crippen molar-refractivity contribution >= 4 is 11.9 Å². The molecule has 0 fully saturated rings. The molecule has 0 aromatic heterocycles. The summed E-state index contributed by atoms with van der Waals surface area (Å²) in [5.41, 5.74) is 0.474. The van der Waals surface area contributed by atoms with Crippen molar-refractivity contribution in [1.29, 1.82) is 0 Å². The van der Waals surface area contributed by atoms with E-state index in [1.54, 1.807) is 24.3 Å². The monoisotopic (exact) mass is 447 g/mol. The van der Waals surface area contributed by atoms with E-state index < -0.39 is 18.1 Å². The predicted molar refractivity (Wildman–Crippen MR) is 131 cm³/mol. The summed E-state index contributed by atoms with van der Waals surface area (Å²) in [5.74, 6) is -0.663. The number of unbranched alkanes of at least 4 members (excludes halogenated alkanes) is 12. The third kappa shape index (κ3) is 13.5. The van der Waals surface area contributed by atoms with Crippen LogP contribution in [0.15, 0.2) is 30.3 Å². The molecule has 0 radical (unpaired) electrons. The van der Waals surface area contributed by atoms with Crippen molar-refractivity contribution in [1.82, 2.24) is 5.32 Å². The number of amides is 1. The summed E-state index contributed by atoms with van der Waals surface area (Å²) in [6.07, 6.45) is 16.6. The fourth-order valence-corrected chi connectivity index (χ4v) is 4.00. The molecule has 0 spiro atoms. The lowest BCUT2D eigenvalue weighted by Gasteiger charge is -2.26. The van der Waals surface area contributed by atoms with Gasteiger partial charge in [-0.25, -0.2) is 4.79 Å². The molecule has 2 N–H and O–H groups in total. The number of aliphatic hydroxyl groups is 1. The zero-order chi connectivity index (χ0) is 23.4. The number of ether oxygens (including phenoxy) is 1. The van der Waals surface area contributed by atoms with Gasteiger partial charge in [-0.2, -0.15) is 0 Å². The van der Waals surface area contributed by atoms with Gasteiger partial charge in [0, 0.05) is 6.92 Å². The van der Waals surface area contributed by atoms with E-state index in [1.807, 2.05) is 6.07 Å². The van der Waals surface area contributed by atoms with Crippen LogP contribution in [-0.4, -0.2) is 35.7 Å². The van der Waals surface area contributed by atoms with Gasteiger partial charge in [0.05, 0.1) is 18.2 Å². The highest BCUT2D eigenvalue weighted by Gasteiger charge is 2.25. The SMILES string of the molecule is CCCCCCCCCCCCCCCC(OC(=O)c1ccccc1)C(CO)NC(C)=O. The molecule has 2 unspecified atom stereocenters. The van der Waals surface area contributed by atoms with E-state index in [0.717, 1.165) is 12.8 Å². The lowest BCUT2D eigenvalue weighted by Crippen LogP contribution is -2.47. The molecule has 1 aromatic rings. The number of carbonyl (C=O) groups excluding carboxylic acids is 2. The van der Waals surface area contributed by atoms with Crippen LogP contribution < -0.4 is 5.32 Å². The number of carbonyl (C=O) groups is 2. The van der Waals surface area contributed by atoms with Gasteiger partial charge < -0.3 is 15.2 Å². The molecule has 1 amide bonds. The Morgan fingerprint density at radius 1 is 0.844 bits per heavy atom. The van der Waals surface area contributed by atoms with Crippen LogP contribution in [-0.2, 0) is 9.53 Å². The molecule has 182 valence electrons. The number of hydrogen-bond donors (Lipinski definition) is 2. The summed E-state index contributed by atoms with van der Waals surface area (Å²) in [6.45, 7) is 3.40. The number of benzene rings is 1. The number of esters is 1. The van der Waals surface area contributed by atoms with Crippen LogP contribution in [0.4, 0.5) is 0 Å². The first kappa shape index (κ1) is 28.2. The molecule has 2 atom stereocenters. The molecular weight excluding hydrogens is 402 g/mol. The van der Waals surface area contributed by atoms with Gasteiger partial charge in [0.1, 0.15) is 6.10 Å². The number of nitrogens with one attached hydrogen (secondary N) is 1. The van der Waals surface area contributed by atoms with Crippen LogP contribution in [0.5, 0.6) is 0 Å². The van der Waals surface area contributed by atoms with Crippen molar-refractivity contribution in [3.63, 3.8) is 0 Å². The first-order valence-corrected chi connectivity index (χ1v) is 12.7. The van der Waals surface area contributed by atoms with E-state index in [9.17, 15) is 14.7 Å². The minimum Gasteiger partial charge on any atom is -0.456 e. The third-order valence-corrected chi connectivity index (χ3v) is 5.89. The molecule has 32 heavy (non-hydrogen) atoms.